The molecule has 0 fully saturated rings. The van der Waals surface area contributed by atoms with Crippen molar-refractivity contribution in [1.82, 2.24) is 10.2 Å². The zero-order valence-electron chi connectivity index (χ0n) is 18.0. The van der Waals surface area contributed by atoms with Gasteiger partial charge in [-0.3, -0.25) is 9.59 Å². The van der Waals surface area contributed by atoms with E-state index in [1.54, 1.807) is 23.6 Å². The molecule has 1 atom stereocenters. The number of benzene rings is 2. The minimum atomic E-state index is -0.521. The molecule has 0 aliphatic carbocycles. The number of unbranched alkanes of at least 4 members (excludes halogenated alkanes) is 1. The lowest BCUT2D eigenvalue weighted by atomic mass is 10.1. The van der Waals surface area contributed by atoms with Crippen molar-refractivity contribution in [1.29, 1.82) is 0 Å². The van der Waals surface area contributed by atoms with Crippen molar-refractivity contribution in [2.45, 2.75) is 52.0 Å². The molecule has 162 valence electrons. The fraction of sp³-hybridized carbons (Fsp3) is 0.417. The van der Waals surface area contributed by atoms with Crippen molar-refractivity contribution in [2.24, 2.45) is 0 Å². The third-order valence-electron chi connectivity index (χ3n) is 4.88. The molecular formula is C24H31ClN2O2S. The van der Waals surface area contributed by atoms with Crippen molar-refractivity contribution < 1.29 is 9.59 Å². The number of nitrogens with zero attached hydrogens (tertiary/aromatic N) is 1. The molecule has 6 heteroatoms. The normalized spacial score (nSPS) is 11.7. The van der Waals surface area contributed by atoms with Crippen molar-refractivity contribution >= 4 is 35.2 Å². The third kappa shape index (κ3) is 8.04. The Balaban J connectivity index is 2.02. The van der Waals surface area contributed by atoms with Crippen LogP contribution in [0.1, 0.15) is 43.4 Å². The van der Waals surface area contributed by atoms with E-state index in [9.17, 15) is 9.59 Å². The Kier molecular flexibility index (Phi) is 10.2. The first-order valence-corrected chi connectivity index (χ1v) is 11.9. The number of hydrogen-bond acceptors (Lipinski definition) is 3. The maximum Gasteiger partial charge on any atom is 0.242 e. The molecule has 4 nitrogen and oxygen atoms in total. The van der Waals surface area contributed by atoms with Crippen LogP contribution in [0.5, 0.6) is 0 Å². The molecule has 2 aromatic rings. The lowest BCUT2D eigenvalue weighted by Crippen LogP contribution is -2.48. The van der Waals surface area contributed by atoms with E-state index in [1.165, 1.54) is 5.56 Å². The SMILES string of the molecule is CCCCNC(=O)[C@@H](C)N(Cc1ccc(C)cc1)C(=O)CSCc1ccc(Cl)cc1. The topological polar surface area (TPSA) is 49.4 Å². The van der Waals surface area contributed by atoms with Gasteiger partial charge in [0, 0.05) is 23.9 Å². The van der Waals surface area contributed by atoms with Gasteiger partial charge >= 0.3 is 0 Å². The van der Waals surface area contributed by atoms with Gasteiger partial charge < -0.3 is 10.2 Å². The van der Waals surface area contributed by atoms with Gasteiger partial charge in [-0.1, -0.05) is 66.9 Å². The summed E-state index contributed by atoms with van der Waals surface area (Å²) in [6, 6.07) is 15.2. The van der Waals surface area contributed by atoms with Crippen LogP contribution in [0.4, 0.5) is 0 Å². The van der Waals surface area contributed by atoms with Crippen LogP contribution in [0.2, 0.25) is 5.02 Å². The van der Waals surface area contributed by atoms with Gasteiger partial charge in [-0.15, -0.1) is 11.8 Å². The van der Waals surface area contributed by atoms with Gasteiger partial charge in [0.25, 0.3) is 0 Å². The molecule has 0 heterocycles. The number of carbonyl (C=O) groups is 2. The van der Waals surface area contributed by atoms with Crippen LogP contribution in [0, 0.1) is 6.92 Å². The van der Waals surface area contributed by atoms with Gasteiger partial charge in [0.1, 0.15) is 6.04 Å². The highest BCUT2D eigenvalue weighted by molar-refractivity contribution is 7.99. The predicted octanol–water partition coefficient (Wildman–Crippen LogP) is 5.22. The molecule has 0 aliphatic rings. The summed E-state index contributed by atoms with van der Waals surface area (Å²) in [6.45, 7) is 6.97. The van der Waals surface area contributed by atoms with Crippen LogP contribution < -0.4 is 5.32 Å². The third-order valence-corrected chi connectivity index (χ3v) is 6.12. The fourth-order valence-electron chi connectivity index (χ4n) is 2.93. The quantitative estimate of drug-likeness (QED) is 0.481. The van der Waals surface area contributed by atoms with Gasteiger partial charge in [-0.25, -0.2) is 0 Å². The Hall–Kier alpha value is -1.98. The Bertz CT molecular complexity index is 809. The first-order valence-electron chi connectivity index (χ1n) is 10.4. The fourth-order valence-corrected chi connectivity index (χ4v) is 3.93. The number of thioether (sulfide) groups is 1. The molecule has 2 rings (SSSR count). The lowest BCUT2D eigenvalue weighted by Gasteiger charge is -2.29. The van der Waals surface area contributed by atoms with E-state index in [4.69, 9.17) is 11.6 Å². The summed E-state index contributed by atoms with van der Waals surface area (Å²) in [6.07, 6.45) is 1.95. The molecule has 0 bridgehead atoms. The maximum absolute atomic E-state index is 13.0. The summed E-state index contributed by atoms with van der Waals surface area (Å²) in [7, 11) is 0. The average Bonchev–Trinajstić information content (AvgIpc) is 2.74. The van der Waals surface area contributed by atoms with E-state index in [2.05, 4.69) is 12.2 Å². The molecule has 0 saturated carbocycles. The second-order valence-electron chi connectivity index (χ2n) is 7.45. The van der Waals surface area contributed by atoms with Crippen LogP contribution in [0.3, 0.4) is 0 Å². The first kappa shape index (κ1) is 24.3. The van der Waals surface area contributed by atoms with Crippen LogP contribution in [0.15, 0.2) is 48.5 Å². The lowest BCUT2D eigenvalue weighted by molar-refractivity contribution is -0.138. The van der Waals surface area contributed by atoms with Crippen LogP contribution in [0.25, 0.3) is 0 Å². The summed E-state index contributed by atoms with van der Waals surface area (Å²) in [5, 5.41) is 3.65. The van der Waals surface area contributed by atoms with Crippen molar-refractivity contribution in [3.05, 3.63) is 70.2 Å². The highest BCUT2D eigenvalue weighted by Crippen LogP contribution is 2.18. The monoisotopic (exact) mass is 446 g/mol. The molecule has 0 radical (unpaired) electrons. The number of amides is 2. The van der Waals surface area contributed by atoms with Crippen LogP contribution in [-0.4, -0.2) is 35.1 Å². The van der Waals surface area contributed by atoms with Gasteiger partial charge in [0.05, 0.1) is 5.75 Å². The number of carbonyl (C=O) groups excluding carboxylic acids is 2. The van der Waals surface area contributed by atoms with Crippen LogP contribution in [-0.2, 0) is 21.9 Å². The zero-order valence-corrected chi connectivity index (χ0v) is 19.6. The Morgan fingerprint density at radius 2 is 1.70 bits per heavy atom. The average molecular weight is 447 g/mol. The molecule has 0 aliphatic heterocycles. The smallest absolute Gasteiger partial charge is 0.242 e. The zero-order chi connectivity index (χ0) is 21.9. The molecule has 1 N–H and O–H groups in total. The standard InChI is InChI=1S/C24H31ClN2O2S/c1-4-5-14-26-24(29)19(3)27(15-20-8-6-18(2)7-9-20)23(28)17-30-16-21-10-12-22(25)13-11-21/h6-13,19H,4-5,14-17H2,1-3H3,(H,26,29)/t19-/m1/s1. The van der Waals surface area contributed by atoms with E-state index >= 15 is 0 Å². The summed E-state index contributed by atoms with van der Waals surface area (Å²) in [5.41, 5.74) is 3.30. The highest BCUT2D eigenvalue weighted by atomic mass is 35.5. The minimum absolute atomic E-state index is 0.0346. The summed E-state index contributed by atoms with van der Waals surface area (Å²) < 4.78 is 0. The summed E-state index contributed by atoms with van der Waals surface area (Å²) in [5.74, 6) is 0.902. The minimum Gasteiger partial charge on any atom is -0.354 e. The van der Waals surface area contributed by atoms with Gasteiger partial charge in [-0.2, -0.15) is 0 Å². The molecule has 0 spiro atoms. The molecule has 2 amide bonds. The summed E-state index contributed by atoms with van der Waals surface area (Å²) in [4.78, 5) is 27.3. The molecular weight excluding hydrogens is 416 g/mol. The summed E-state index contributed by atoms with van der Waals surface area (Å²) >= 11 is 7.48. The number of halogens is 1. The van der Waals surface area contributed by atoms with Crippen molar-refractivity contribution in [2.75, 3.05) is 12.3 Å². The molecule has 0 unspecified atom stereocenters. The first-order chi connectivity index (χ1) is 14.4. The van der Waals surface area contributed by atoms with Gasteiger partial charge in [0.15, 0.2) is 0 Å². The largest absolute Gasteiger partial charge is 0.354 e. The number of aryl methyl sites for hydroxylation is 1. The molecule has 0 aromatic heterocycles. The Morgan fingerprint density at radius 3 is 2.33 bits per heavy atom. The van der Waals surface area contributed by atoms with Gasteiger partial charge in [-0.05, 0) is 43.5 Å². The maximum atomic E-state index is 13.0. The van der Waals surface area contributed by atoms with E-state index in [1.807, 2.05) is 55.5 Å². The molecule has 2 aromatic carbocycles. The van der Waals surface area contributed by atoms with E-state index < -0.39 is 6.04 Å². The van der Waals surface area contributed by atoms with E-state index in [0.29, 0.717) is 23.9 Å². The Morgan fingerprint density at radius 1 is 1.07 bits per heavy atom. The second kappa shape index (κ2) is 12.7. The number of hydrogen-bond donors (Lipinski definition) is 1. The number of rotatable bonds is 11. The van der Waals surface area contributed by atoms with Gasteiger partial charge in [0.2, 0.25) is 11.8 Å². The second-order valence-corrected chi connectivity index (χ2v) is 8.87. The Labute approximate surface area is 189 Å². The van der Waals surface area contributed by atoms with E-state index in [-0.39, 0.29) is 11.8 Å². The van der Waals surface area contributed by atoms with Crippen LogP contribution >= 0.6 is 23.4 Å². The van der Waals surface area contributed by atoms with Crippen molar-refractivity contribution in [3.63, 3.8) is 0 Å². The molecule has 30 heavy (non-hydrogen) atoms. The van der Waals surface area contributed by atoms with Crippen molar-refractivity contribution in [3.8, 4) is 0 Å². The molecule has 0 saturated heterocycles. The number of nitrogens with one attached hydrogen (secondary N) is 1. The highest BCUT2D eigenvalue weighted by Gasteiger charge is 2.25. The van der Waals surface area contributed by atoms with E-state index in [0.717, 1.165) is 29.7 Å². The predicted molar refractivity (Wildman–Crippen MR) is 127 cm³/mol.